The molecule has 0 fully saturated rings. The van der Waals surface area contributed by atoms with Gasteiger partial charge in [-0.05, 0) is 43.3 Å². The molecule has 28 heavy (non-hydrogen) atoms. The van der Waals surface area contributed by atoms with Gasteiger partial charge in [0.2, 0.25) is 5.78 Å². The Balaban J connectivity index is 2.15. The number of hydrogen-bond donors (Lipinski definition) is 3. The fourth-order valence-corrected chi connectivity index (χ4v) is 2.26. The van der Waals surface area contributed by atoms with E-state index >= 15 is 0 Å². The molecule has 2 aromatic carbocycles. The van der Waals surface area contributed by atoms with Crippen LogP contribution in [-0.2, 0) is 9.53 Å². The van der Waals surface area contributed by atoms with E-state index < -0.39 is 41.4 Å². The quantitative estimate of drug-likeness (QED) is 0.291. The first-order valence-corrected chi connectivity index (χ1v) is 7.93. The number of hydrogen-bond acceptors (Lipinski definition) is 6. The SMILES string of the molecule is CC(=N)/C(C(=O)OCC(=O)c1c(F)cccc1F)=C(/N)Nc1ccc(F)cc1. The highest BCUT2D eigenvalue weighted by molar-refractivity contribution is 6.18. The summed E-state index contributed by atoms with van der Waals surface area (Å²) >= 11 is 0. The number of esters is 1. The van der Waals surface area contributed by atoms with Crippen molar-refractivity contribution in [2.75, 3.05) is 11.9 Å². The van der Waals surface area contributed by atoms with Crippen LogP contribution in [0.15, 0.2) is 53.9 Å². The van der Waals surface area contributed by atoms with E-state index in [1.165, 1.54) is 19.1 Å². The minimum atomic E-state index is -1.13. The molecule has 2 rings (SSSR count). The molecule has 0 aromatic heterocycles. The summed E-state index contributed by atoms with van der Waals surface area (Å²) in [5.41, 5.74) is 4.64. The normalized spacial score (nSPS) is 11.4. The second-order valence-electron chi connectivity index (χ2n) is 5.64. The Kier molecular flexibility index (Phi) is 6.54. The topological polar surface area (TPSA) is 105 Å². The van der Waals surface area contributed by atoms with Gasteiger partial charge in [0.05, 0.1) is 5.56 Å². The van der Waals surface area contributed by atoms with Gasteiger partial charge >= 0.3 is 5.97 Å². The summed E-state index contributed by atoms with van der Waals surface area (Å²) in [6.07, 6.45) is 0. The van der Waals surface area contributed by atoms with Gasteiger partial charge in [0.25, 0.3) is 0 Å². The van der Waals surface area contributed by atoms with E-state index in [2.05, 4.69) is 5.32 Å². The number of rotatable bonds is 7. The molecule has 0 heterocycles. The van der Waals surface area contributed by atoms with E-state index in [1.54, 1.807) is 0 Å². The molecule has 0 atom stereocenters. The monoisotopic (exact) mass is 391 g/mol. The van der Waals surface area contributed by atoms with E-state index in [0.29, 0.717) is 5.69 Å². The molecular formula is C19H16F3N3O3. The molecule has 0 bridgehead atoms. The number of carbonyl (C=O) groups excluding carboxylic acids is 2. The Morgan fingerprint density at radius 2 is 1.64 bits per heavy atom. The molecule has 0 radical (unpaired) electrons. The highest BCUT2D eigenvalue weighted by atomic mass is 19.1. The fraction of sp³-hybridized carbons (Fsp3) is 0.105. The Hall–Kier alpha value is -3.62. The van der Waals surface area contributed by atoms with Crippen molar-refractivity contribution in [3.8, 4) is 0 Å². The van der Waals surface area contributed by atoms with Gasteiger partial charge in [0.15, 0.2) is 6.61 Å². The first-order valence-electron chi connectivity index (χ1n) is 7.93. The van der Waals surface area contributed by atoms with Crippen molar-refractivity contribution < 1.29 is 27.5 Å². The fourth-order valence-electron chi connectivity index (χ4n) is 2.26. The van der Waals surface area contributed by atoms with Crippen molar-refractivity contribution in [1.82, 2.24) is 0 Å². The summed E-state index contributed by atoms with van der Waals surface area (Å²) in [6, 6.07) is 7.92. The van der Waals surface area contributed by atoms with Crippen molar-refractivity contribution in [3.05, 3.63) is 76.9 Å². The zero-order chi connectivity index (χ0) is 20.8. The molecule has 0 spiro atoms. The van der Waals surface area contributed by atoms with Crippen LogP contribution in [0.25, 0.3) is 0 Å². The molecule has 4 N–H and O–H groups in total. The van der Waals surface area contributed by atoms with Gasteiger partial charge in [-0.3, -0.25) is 4.79 Å². The van der Waals surface area contributed by atoms with Crippen LogP contribution in [-0.4, -0.2) is 24.1 Å². The molecule has 0 aliphatic rings. The van der Waals surface area contributed by atoms with Gasteiger partial charge in [-0.2, -0.15) is 0 Å². The lowest BCUT2D eigenvalue weighted by Gasteiger charge is -2.13. The minimum Gasteiger partial charge on any atom is -0.454 e. The highest BCUT2D eigenvalue weighted by Crippen LogP contribution is 2.15. The van der Waals surface area contributed by atoms with E-state index in [4.69, 9.17) is 15.9 Å². The van der Waals surface area contributed by atoms with Crippen LogP contribution in [0.4, 0.5) is 18.9 Å². The highest BCUT2D eigenvalue weighted by Gasteiger charge is 2.22. The van der Waals surface area contributed by atoms with Crippen molar-refractivity contribution in [3.63, 3.8) is 0 Å². The molecular weight excluding hydrogens is 375 g/mol. The Morgan fingerprint density at radius 3 is 2.18 bits per heavy atom. The minimum absolute atomic E-state index is 0.270. The summed E-state index contributed by atoms with van der Waals surface area (Å²) in [5.74, 6) is -5.14. The lowest BCUT2D eigenvalue weighted by atomic mass is 10.1. The predicted molar refractivity (Wildman–Crippen MR) is 96.3 cm³/mol. The van der Waals surface area contributed by atoms with Crippen LogP contribution >= 0.6 is 0 Å². The third-order valence-corrected chi connectivity index (χ3v) is 3.55. The van der Waals surface area contributed by atoms with Crippen molar-refractivity contribution in [2.24, 2.45) is 5.73 Å². The Bertz CT molecular complexity index is 936. The third kappa shape index (κ3) is 4.97. The number of Topliss-reactive ketones (excluding diaryl/α,β-unsaturated/α-hetero) is 1. The van der Waals surface area contributed by atoms with Crippen molar-refractivity contribution in [1.29, 1.82) is 5.41 Å². The van der Waals surface area contributed by atoms with Crippen LogP contribution in [0.2, 0.25) is 0 Å². The molecule has 0 aliphatic carbocycles. The largest absolute Gasteiger partial charge is 0.454 e. The first kappa shape index (κ1) is 20.7. The number of nitrogens with one attached hydrogen (secondary N) is 2. The molecule has 0 saturated heterocycles. The van der Waals surface area contributed by atoms with Crippen LogP contribution in [0.3, 0.4) is 0 Å². The maximum atomic E-state index is 13.6. The second kappa shape index (κ2) is 8.85. The summed E-state index contributed by atoms with van der Waals surface area (Å²) in [7, 11) is 0. The smallest absolute Gasteiger partial charge is 0.344 e. The number of nitrogens with two attached hydrogens (primary N) is 1. The zero-order valence-corrected chi connectivity index (χ0v) is 14.7. The van der Waals surface area contributed by atoms with Gasteiger partial charge < -0.3 is 21.2 Å². The van der Waals surface area contributed by atoms with E-state index in [0.717, 1.165) is 30.3 Å². The van der Waals surface area contributed by atoms with Crippen LogP contribution in [0, 0.1) is 22.9 Å². The van der Waals surface area contributed by atoms with Crippen molar-refractivity contribution >= 4 is 23.2 Å². The predicted octanol–water partition coefficient (Wildman–Crippen LogP) is 3.15. The average Bonchev–Trinajstić information content (AvgIpc) is 2.61. The van der Waals surface area contributed by atoms with Crippen LogP contribution in [0.1, 0.15) is 17.3 Å². The van der Waals surface area contributed by atoms with Crippen LogP contribution < -0.4 is 11.1 Å². The summed E-state index contributed by atoms with van der Waals surface area (Å²) in [4.78, 5) is 24.2. The molecule has 0 unspecified atom stereocenters. The molecule has 9 heteroatoms. The number of ketones is 1. The van der Waals surface area contributed by atoms with Gasteiger partial charge in [-0.25, -0.2) is 18.0 Å². The number of carbonyl (C=O) groups is 2. The van der Waals surface area contributed by atoms with Gasteiger partial charge in [-0.15, -0.1) is 0 Å². The molecule has 6 nitrogen and oxygen atoms in total. The number of halogens is 3. The maximum absolute atomic E-state index is 13.6. The lowest BCUT2D eigenvalue weighted by Crippen LogP contribution is -2.25. The molecule has 2 aromatic rings. The molecule has 0 aliphatic heterocycles. The van der Waals surface area contributed by atoms with Gasteiger partial charge in [0, 0.05) is 11.4 Å². The molecule has 0 saturated carbocycles. The molecule has 0 amide bonds. The van der Waals surface area contributed by atoms with E-state index in [1.807, 2.05) is 0 Å². The standard InChI is InChI=1S/C19H16F3N3O3/c1-10(23)16(18(24)25-12-7-5-11(20)6-8-12)19(27)28-9-15(26)17-13(21)3-2-4-14(17)22/h2-8,23,25H,9,24H2,1H3/b18-16+,23-10?. The van der Waals surface area contributed by atoms with E-state index in [9.17, 15) is 22.8 Å². The zero-order valence-electron chi connectivity index (χ0n) is 14.7. The number of anilines is 1. The first-order chi connectivity index (χ1) is 13.2. The lowest BCUT2D eigenvalue weighted by molar-refractivity contribution is -0.137. The molecule has 146 valence electrons. The Labute approximate surface area is 158 Å². The summed E-state index contributed by atoms with van der Waals surface area (Å²) in [5, 5.41) is 10.3. The van der Waals surface area contributed by atoms with E-state index in [-0.39, 0.29) is 17.1 Å². The number of ether oxygens (including phenoxy) is 1. The van der Waals surface area contributed by atoms with Gasteiger partial charge in [-0.1, -0.05) is 6.07 Å². The second-order valence-corrected chi connectivity index (χ2v) is 5.64. The summed E-state index contributed by atoms with van der Waals surface area (Å²) < 4.78 is 44.9. The summed E-state index contributed by atoms with van der Waals surface area (Å²) in [6.45, 7) is 0.311. The van der Waals surface area contributed by atoms with Crippen molar-refractivity contribution in [2.45, 2.75) is 6.92 Å². The average molecular weight is 391 g/mol. The third-order valence-electron chi connectivity index (χ3n) is 3.55. The Morgan fingerprint density at radius 1 is 1.07 bits per heavy atom. The van der Waals surface area contributed by atoms with Crippen LogP contribution in [0.5, 0.6) is 0 Å². The maximum Gasteiger partial charge on any atom is 0.344 e. The number of benzene rings is 2. The van der Waals surface area contributed by atoms with Gasteiger partial charge in [0.1, 0.15) is 28.8 Å².